The van der Waals surface area contributed by atoms with Gasteiger partial charge in [0.15, 0.2) is 5.76 Å². The van der Waals surface area contributed by atoms with Crippen LogP contribution in [0.3, 0.4) is 0 Å². The lowest BCUT2D eigenvalue weighted by Gasteiger charge is -2.27. The Balaban J connectivity index is 1.94. The molecular weight excluding hydrogens is 429 g/mol. The Morgan fingerprint density at radius 3 is 2.10 bits per heavy atom. The Hall–Kier alpha value is -3.16. The van der Waals surface area contributed by atoms with Crippen molar-refractivity contribution in [1.82, 2.24) is 0 Å². The molecule has 0 fully saturated rings. The molecule has 0 spiro atoms. The number of hydrogen-bond donors (Lipinski definition) is 1. The van der Waals surface area contributed by atoms with Gasteiger partial charge in [-0.05, 0) is 54.1 Å². The van der Waals surface area contributed by atoms with Gasteiger partial charge in [0, 0.05) is 10.7 Å². The zero-order valence-electron chi connectivity index (χ0n) is 15.4. The van der Waals surface area contributed by atoms with E-state index in [0.29, 0.717) is 10.6 Å². The number of rotatable bonds is 4. The number of carbonyl (C=O) groups excluding carboxylic acids is 1. The lowest BCUT2D eigenvalue weighted by molar-refractivity contribution is -0.117. The summed E-state index contributed by atoms with van der Waals surface area (Å²) in [6.07, 6.45) is 0. The van der Waals surface area contributed by atoms with Crippen LogP contribution in [0.5, 0.6) is 0 Å². The molecule has 1 aliphatic rings. The molecule has 1 aliphatic heterocycles. The summed E-state index contributed by atoms with van der Waals surface area (Å²) < 4.78 is 40.2. The van der Waals surface area contributed by atoms with Gasteiger partial charge in [0.05, 0.1) is 4.90 Å². The van der Waals surface area contributed by atoms with Gasteiger partial charge in [0.1, 0.15) is 16.8 Å². The highest BCUT2D eigenvalue weighted by atomic mass is 35.5. The molecule has 30 heavy (non-hydrogen) atoms. The first-order valence-electron chi connectivity index (χ1n) is 8.88. The largest absolute Gasteiger partial charge is 0.502 e. The molecular formula is C22H15ClFNO4S. The molecule has 1 heterocycles. The van der Waals surface area contributed by atoms with Crippen molar-refractivity contribution in [3.8, 4) is 0 Å². The van der Waals surface area contributed by atoms with Gasteiger partial charge in [-0.3, -0.25) is 9.69 Å². The number of benzene rings is 3. The third-order valence-corrected chi connectivity index (χ3v) is 6.94. The van der Waals surface area contributed by atoms with Gasteiger partial charge in [-0.2, -0.15) is 0 Å². The number of sulfone groups is 1. The molecule has 0 saturated heterocycles. The molecule has 1 amide bonds. The van der Waals surface area contributed by atoms with Crippen LogP contribution in [-0.2, 0) is 14.6 Å². The molecule has 1 N–H and O–H groups in total. The van der Waals surface area contributed by atoms with E-state index in [-0.39, 0.29) is 10.6 Å². The zero-order chi connectivity index (χ0) is 21.5. The fraction of sp³-hybridized carbons (Fsp3) is 0.0455. The normalized spacial score (nSPS) is 16.9. The SMILES string of the molecule is O=C1C(O)=C(S(=O)(=O)c2ccccc2)C(c2ccc(Cl)cc2)N1c1ccc(F)cc1. The Morgan fingerprint density at radius 2 is 1.50 bits per heavy atom. The second-order valence-electron chi connectivity index (χ2n) is 6.64. The van der Waals surface area contributed by atoms with E-state index in [4.69, 9.17) is 11.6 Å². The summed E-state index contributed by atoms with van der Waals surface area (Å²) in [7, 11) is -4.22. The molecule has 3 aromatic rings. The number of halogens is 2. The predicted octanol–water partition coefficient (Wildman–Crippen LogP) is 4.81. The zero-order valence-corrected chi connectivity index (χ0v) is 16.9. The number of aliphatic hydroxyl groups is 1. The maximum absolute atomic E-state index is 13.4. The van der Waals surface area contributed by atoms with E-state index in [9.17, 15) is 22.7 Å². The van der Waals surface area contributed by atoms with Crippen LogP contribution < -0.4 is 4.90 Å². The highest BCUT2D eigenvalue weighted by molar-refractivity contribution is 7.95. The quantitative estimate of drug-likeness (QED) is 0.627. The summed E-state index contributed by atoms with van der Waals surface area (Å²) in [6.45, 7) is 0. The molecule has 0 saturated carbocycles. The first-order valence-corrected chi connectivity index (χ1v) is 10.7. The summed E-state index contributed by atoms with van der Waals surface area (Å²) in [6, 6.07) is 17.7. The van der Waals surface area contributed by atoms with Crippen LogP contribution in [0.1, 0.15) is 11.6 Å². The van der Waals surface area contributed by atoms with Gasteiger partial charge >= 0.3 is 0 Å². The number of carbonyl (C=O) groups is 1. The van der Waals surface area contributed by atoms with Crippen LogP contribution in [-0.4, -0.2) is 19.4 Å². The Labute approximate surface area is 177 Å². The van der Waals surface area contributed by atoms with E-state index < -0.39 is 38.3 Å². The summed E-state index contributed by atoms with van der Waals surface area (Å²) in [4.78, 5) is 13.6. The van der Waals surface area contributed by atoms with Crippen molar-refractivity contribution in [2.24, 2.45) is 0 Å². The minimum absolute atomic E-state index is 0.0562. The van der Waals surface area contributed by atoms with Crippen molar-refractivity contribution in [2.45, 2.75) is 10.9 Å². The molecule has 1 unspecified atom stereocenters. The average Bonchev–Trinajstić information content (AvgIpc) is 3.01. The van der Waals surface area contributed by atoms with Gasteiger partial charge in [-0.15, -0.1) is 0 Å². The lowest BCUT2D eigenvalue weighted by atomic mass is 10.1. The van der Waals surface area contributed by atoms with Crippen LogP contribution in [0.25, 0.3) is 0 Å². The van der Waals surface area contributed by atoms with Crippen LogP contribution in [0, 0.1) is 5.82 Å². The molecule has 1 atom stereocenters. The van der Waals surface area contributed by atoms with Crippen LogP contribution in [0.2, 0.25) is 5.02 Å². The molecule has 0 aliphatic carbocycles. The molecule has 8 heteroatoms. The van der Waals surface area contributed by atoms with Gasteiger partial charge < -0.3 is 5.11 Å². The van der Waals surface area contributed by atoms with Gasteiger partial charge in [-0.1, -0.05) is 41.9 Å². The standard InChI is InChI=1S/C22H15ClFNO4S/c23-15-8-6-14(7-9-15)19-21(30(28,29)18-4-2-1-3-5-18)20(26)22(27)25(19)17-12-10-16(24)11-13-17/h1-13,19,26H. The first-order chi connectivity index (χ1) is 14.3. The molecule has 4 rings (SSSR count). The van der Waals surface area contributed by atoms with E-state index in [1.54, 1.807) is 42.5 Å². The van der Waals surface area contributed by atoms with Crippen molar-refractivity contribution in [3.05, 3.63) is 106 Å². The third-order valence-electron chi connectivity index (χ3n) is 4.79. The van der Waals surface area contributed by atoms with Crippen LogP contribution >= 0.6 is 11.6 Å². The Kier molecular flexibility index (Phi) is 5.09. The van der Waals surface area contributed by atoms with Crippen LogP contribution in [0.15, 0.2) is 94.4 Å². The van der Waals surface area contributed by atoms with Gasteiger partial charge in [0.2, 0.25) is 9.84 Å². The van der Waals surface area contributed by atoms with E-state index in [1.807, 2.05) is 0 Å². The number of nitrogens with zero attached hydrogens (tertiary/aromatic N) is 1. The molecule has 0 radical (unpaired) electrons. The highest BCUT2D eigenvalue weighted by Crippen LogP contribution is 2.44. The monoisotopic (exact) mass is 443 g/mol. The van der Waals surface area contributed by atoms with Crippen molar-refractivity contribution < 1.29 is 22.7 Å². The predicted molar refractivity (Wildman–Crippen MR) is 111 cm³/mol. The average molecular weight is 444 g/mol. The fourth-order valence-corrected chi connectivity index (χ4v) is 5.17. The van der Waals surface area contributed by atoms with Crippen molar-refractivity contribution in [1.29, 1.82) is 0 Å². The van der Waals surface area contributed by atoms with Gasteiger partial charge in [-0.25, -0.2) is 12.8 Å². The minimum Gasteiger partial charge on any atom is -0.502 e. The second-order valence-corrected chi connectivity index (χ2v) is 8.99. The fourth-order valence-electron chi connectivity index (χ4n) is 3.40. The topological polar surface area (TPSA) is 74.7 Å². The van der Waals surface area contributed by atoms with Crippen molar-refractivity contribution in [2.75, 3.05) is 4.90 Å². The van der Waals surface area contributed by atoms with E-state index in [2.05, 4.69) is 0 Å². The number of anilines is 1. The number of amides is 1. The van der Waals surface area contributed by atoms with Gasteiger partial charge in [0.25, 0.3) is 5.91 Å². The maximum atomic E-state index is 13.4. The smallest absolute Gasteiger partial charge is 0.295 e. The number of aliphatic hydroxyl groups excluding tert-OH is 1. The van der Waals surface area contributed by atoms with Crippen LogP contribution in [0.4, 0.5) is 10.1 Å². The molecule has 3 aromatic carbocycles. The van der Waals surface area contributed by atoms with E-state index >= 15 is 0 Å². The molecule has 0 bridgehead atoms. The molecule has 0 aromatic heterocycles. The lowest BCUT2D eigenvalue weighted by Crippen LogP contribution is -2.31. The van der Waals surface area contributed by atoms with E-state index in [1.165, 1.54) is 24.3 Å². The highest BCUT2D eigenvalue weighted by Gasteiger charge is 2.47. The summed E-state index contributed by atoms with van der Waals surface area (Å²) in [5.74, 6) is -2.28. The minimum atomic E-state index is -4.22. The van der Waals surface area contributed by atoms with E-state index in [0.717, 1.165) is 17.0 Å². The summed E-state index contributed by atoms with van der Waals surface area (Å²) in [5.41, 5.74) is 0.668. The summed E-state index contributed by atoms with van der Waals surface area (Å²) in [5, 5.41) is 11.1. The second kappa shape index (κ2) is 7.59. The number of hydrogen-bond acceptors (Lipinski definition) is 4. The third kappa shape index (κ3) is 3.36. The van der Waals surface area contributed by atoms with Crippen molar-refractivity contribution >= 4 is 33.0 Å². The molecule has 152 valence electrons. The van der Waals surface area contributed by atoms with Crippen molar-refractivity contribution in [3.63, 3.8) is 0 Å². The Bertz CT molecular complexity index is 1240. The summed E-state index contributed by atoms with van der Waals surface area (Å²) >= 11 is 5.97. The molecule has 5 nitrogen and oxygen atoms in total. The maximum Gasteiger partial charge on any atom is 0.295 e. The first kappa shape index (κ1) is 20.1. The Morgan fingerprint density at radius 1 is 0.900 bits per heavy atom.